The summed E-state index contributed by atoms with van der Waals surface area (Å²) in [6, 6.07) is 9.25. The minimum absolute atomic E-state index is 0.421. The lowest BCUT2D eigenvalue weighted by molar-refractivity contribution is 0.0508. The van der Waals surface area contributed by atoms with Crippen LogP contribution in [0.5, 0.6) is 0 Å². The van der Waals surface area contributed by atoms with E-state index in [9.17, 15) is 4.79 Å². The molecular weight excluding hydrogens is 270 g/mol. The molecule has 1 amide bonds. The van der Waals surface area contributed by atoms with Gasteiger partial charge in [0, 0.05) is 11.0 Å². The van der Waals surface area contributed by atoms with Gasteiger partial charge < -0.3 is 4.74 Å². The Bertz CT molecular complexity index is 336. The molecule has 0 bridgehead atoms. The normalized spacial score (nSPS) is 13.9. The molecule has 1 rings (SSSR count). The van der Waals surface area contributed by atoms with Crippen LogP contribution >= 0.6 is 15.9 Å². The van der Waals surface area contributed by atoms with Crippen LogP contribution in [-0.4, -0.2) is 17.0 Å². The predicted molar refractivity (Wildman–Crippen MR) is 69.0 cm³/mol. The molecule has 0 saturated heterocycles. The average molecular weight is 286 g/mol. The highest BCUT2D eigenvalue weighted by Crippen LogP contribution is 2.19. The third kappa shape index (κ3) is 3.85. The van der Waals surface area contributed by atoms with Gasteiger partial charge in [-0.2, -0.15) is 0 Å². The molecule has 1 atom stereocenters. The highest BCUT2D eigenvalue weighted by atomic mass is 79.9. The lowest BCUT2D eigenvalue weighted by atomic mass is 10.1. The number of nitrogens with one attached hydrogen (secondary N) is 1. The fourth-order valence-corrected chi connectivity index (χ4v) is 1.59. The second-order valence-corrected chi connectivity index (χ2v) is 4.38. The summed E-state index contributed by atoms with van der Waals surface area (Å²) in [4.78, 5) is 11.6. The molecule has 1 aromatic carbocycles. The number of carbonyl (C=O) groups excluding carboxylic acids is 1. The number of para-hydroxylation sites is 1. The molecular formula is C12H16BrNO2. The van der Waals surface area contributed by atoms with E-state index in [0.29, 0.717) is 5.33 Å². The van der Waals surface area contributed by atoms with Crippen molar-refractivity contribution in [3.8, 4) is 0 Å². The Kier molecular flexibility index (Phi) is 4.80. The van der Waals surface area contributed by atoms with Crippen molar-refractivity contribution in [3.63, 3.8) is 0 Å². The molecule has 0 spiro atoms. The van der Waals surface area contributed by atoms with E-state index in [2.05, 4.69) is 21.2 Å². The van der Waals surface area contributed by atoms with Crippen LogP contribution in [0.25, 0.3) is 0 Å². The van der Waals surface area contributed by atoms with Crippen molar-refractivity contribution < 1.29 is 9.53 Å². The fraction of sp³-hybridized carbons (Fsp3) is 0.417. The molecule has 0 aliphatic carbocycles. The van der Waals surface area contributed by atoms with Gasteiger partial charge in [-0.15, -0.1) is 0 Å². The number of alkyl halides is 1. The van der Waals surface area contributed by atoms with E-state index in [1.807, 2.05) is 44.2 Å². The van der Waals surface area contributed by atoms with Crippen LogP contribution in [0.1, 0.15) is 20.3 Å². The van der Waals surface area contributed by atoms with E-state index in [4.69, 9.17) is 4.74 Å². The molecule has 0 radical (unpaired) electrons. The molecule has 0 heterocycles. The number of amides is 1. The van der Waals surface area contributed by atoms with Gasteiger partial charge in [-0.25, -0.2) is 4.79 Å². The molecule has 1 aromatic rings. The van der Waals surface area contributed by atoms with E-state index in [1.54, 1.807) is 0 Å². The topological polar surface area (TPSA) is 38.3 Å². The summed E-state index contributed by atoms with van der Waals surface area (Å²) in [7, 11) is 0. The maximum atomic E-state index is 11.6. The van der Waals surface area contributed by atoms with Crippen LogP contribution in [-0.2, 0) is 4.74 Å². The summed E-state index contributed by atoms with van der Waals surface area (Å²) in [5.41, 5.74) is 0.277. The van der Waals surface area contributed by atoms with Crippen molar-refractivity contribution in [1.29, 1.82) is 0 Å². The molecule has 16 heavy (non-hydrogen) atoms. The van der Waals surface area contributed by atoms with Crippen molar-refractivity contribution in [1.82, 2.24) is 0 Å². The maximum Gasteiger partial charge on any atom is 0.412 e. The quantitative estimate of drug-likeness (QED) is 0.855. The summed E-state index contributed by atoms with van der Waals surface area (Å²) in [6.45, 7) is 3.88. The maximum absolute atomic E-state index is 11.6. The monoisotopic (exact) mass is 285 g/mol. The Morgan fingerprint density at radius 2 is 2.06 bits per heavy atom. The van der Waals surface area contributed by atoms with Gasteiger partial charge in [0.2, 0.25) is 0 Å². The molecule has 0 aromatic heterocycles. The Labute approximate surface area is 104 Å². The molecule has 1 unspecified atom stereocenters. The van der Waals surface area contributed by atoms with E-state index in [-0.39, 0.29) is 0 Å². The van der Waals surface area contributed by atoms with Gasteiger partial charge in [-0.05, 0) is 25.5 Å². The molecule has 0 aliphatic heterocycles. The second-order valence-electron chi connectivity index (χ2n) is 3.82. The van der Waals surface area contributed by atoms with Crippen molar-refractivity contribution in [2.24, 2.45) is 0 Å². The summed E-state index contributed by atoms with van der Waals surface area (Å²) in [5, 5.41) is 3.31. The predicted octanol–water partition coefficient (Wildman–Crippen LogP) is 3.80. The number of hydrogen-bond acceptors (Lipinski definition) is 2. The molecule has 0 fully saturated rings. The number of hydrogen-bond donors (Lipinski definition) is 1. The third-order valence-corrected chi connectivity index (χ3v) is 3.58. The van der Waals surface area contributed by atoms with E-state index < -0.39 is 11.7 Å². The zero-order valence-electron chi connectivity index (χ0n) is 9.50. The van der Waals surface area contributed by atoms with Crippen LogP contribution in [0.15, 0.2) is 30.3 Å². The lowest BCUT2D eigenvalue weighted by Gasteiger charge is -2.25. The van der Waals surface area contributed by atoms with Crippen LogP contribution in [0.3, 0.4) is 0 Å². The van der Waals surface area contributed by atoms with Crippen LogP contribution < -0.4 is 5.32 Å². The molecule has 0 saturated carbocycles. The van der Waals surface area contributed by atoms with Crippen molar-refractivity contribution in [2.75, 3.05) is 10.6 Å². The van der Waals surface area contributed by atoms with Crippen molar-refractivity contribution in [3.05, 3.63) is 30.3 Å². The summed E-state index contributed by atoms with van der Waals surface area (Å²) in [6.07, 6.45) is 0.343. The Morgan fingerprint density at radius 1 is 1.44 bits per heavy atom. The van der Waals surface area contributed by atoms with E-state index in [1.165, 1.54) is 0 Å². The highest BCUT2D eigenvalue weighted by Gasteiger charge is 2.25. The minimum Gasteiger partial charge on any atom is -0.442 e. The van der Waals surface area contributed by atoms with Gasteiger partial charge in [0.1, 0.15) is 5.60 Å². The fourth-order valence-electron chi connectivity index (χ4n) is 1.08. The molecule has 88 valence electrons. The first-order valence-corrected chi connectivity index (χ1v) is 6.33. The number of benzene rings is 1. The summed E-state index contributed by atoms with van der Waals surface area (Å²) >= 11 is 3.34. The minimum atomic E-state index is -0.459. The van der Waals surface area contributed by atoms with Gasteiger partial charge in [-0.1, -0.05) is 41.1 Å². The second kappa shape index (κ2) is 5.89. The van der Waals surface area contributed by atoms with Gasteiger partial charge in [0.15, 0.2) is 0 Å². The number of anilines is 1. The van der Waals surface area contributed by atoms with Crippen LogP contribution in [0, 0.1) is 0 Å². The zero-order valence-corrected chi connectivity index (χ0v) is 11.1. The van der Waals surface area contributed by atoms with Crippen LogP contribution in [0.2, 0.25) is 0 Å². The van der Waals surface area contributed by atoms with Gasteiger partial charge in [-0.3, -0.25) is 5.32 Å². The first-order chi connectivity index (χ1) is 7.59. The summed E-state index contributed by atoms with van der Waals surface area (Å²) < 4.78 is 5.34. The molecule has 4 heteroatoms. The average Bonchev–Trinajstić information content (AvgIpc) is 2.30. The number of carbonyl (C=O) groups is 1. The Hall–Kier alpha value is -1.03. The number of rotatable bonds is 4. The lowest BCUT2D eigenvalue weighted by Crippen LogP contribution is -2.34. The van der Waals surface area contributed by atoms with Gasteiger partial charge in [0.25, 0.3) is 0 Å². The molecule has 1 N–H and O–H groups in total. The largest absolute Gasteiger partial charge is 0.442 e. The van der Waals surface area contributed by atoms with Gasteiger partial charge >= 0.3 is 6.09 Å². The standard InChI is InChI=1S/C12H16BrNO2/c1-3-12(2,9-13)16-11(15)14-10-7-5-4-6-8-10/h4-8H,3,9H2,1-2H3,(H,14,15). The Balaban J connectivity index is 2.54. The number of halogens is 1. The highest BCUT2D eigenvalue weighted by molar-refractivity contribution is 9.09. The third-order valence-electron chi connectivity index (χ3n) is 2.39. The van der Waals surface area contributed by atoms with Gasteiger partial charge in [0.05, 0.1) is 0 Å². The van der Waals surface area contributed by atoms with E-state index >= 15 is 0 Å². The summed E-state index contributed by atoms with van der Waals surface area (Å²) in [5.74, 6) is 0. The number of ether oxygens (including phenoxy) is 1. The molecule has 3 nitrogen and oxygen atoms in total. The SMILES string of the molecule is CCC(C)(CBr)OC(=O)Nc1ccccc1. The molecule has 0 aliphatic rings. The smallest absolute Gasteiger partial charge is 0.412 e. The van der Waals surface area contributed by atoms with Crippen LogP contribution in [0.4, 0.5) is 10.5 Å². The van der Waals surface area contributed by atoms with Crippen molar-refractivity contribution in [2.45, 2.75) is 25.9 Å². The zero-order chi connectivity index (χ0) is 12.0. The van der Waals surface area contributed by atoms with Crippen molar-refractivity contribution >= 4 is 27.7 Å². The first-order valence-electron chi connectivity index (χ1n) is 5.20. The van der Waals surface area contributed by atoms with E-state index in [0.717, 1.165) is 12.1 Å². The Morgan fingerprint density at radius 3 is 2.56 bits per heavy atom. The first kappa shape index (κ1) is 13.0.